The van der Waals surface area contributed by atoms with Crippen LogP contribution in [0.1, 0.15) is 5.82 Å². The van der Waals surface area contributed by atoms with Crippen molar-refractivity contribution in [1.29, 1.82) is 0 Å². The second-order valence-corrected chi connectivity index (χ2v) is 4.71. The minimum atomic E-state index is 0.766. The Balaban J connectivity index is 2.08. The predicted octanol–water partition coefficient (Wildman–Crippen LogP) is 1.69. The van der Waals surface area contributed by atoms with Crippen molar-refractivity contribution in [1.82, 2.24) is 24.4 Å². The Labute approximate surface area is 111 Å². The molecule has 0 fully saturated rings. The predicted molar refractivity (Wildman–Crippen MR) is 75.7 cm³/mol. The zero-order valence-electron chi connectivity index (χ0n) is 11.4. The average Bonchev–Trinajstić information content (AvgIpc) is 2.95. The van der Waals surface area contributed by atoms with Crippen LogP contribution in [0.25, 0.3) is 22.3 Å². The molecule has 1 aromatic carbocycles. The fraction of sp³-hybridized carbons (Fsp3) is 0.286. The Kier molecular flexibility index (Phi) is 2.83. The number of benzene rings is 1. The number of rotatable bonds is 3. The second-order valence-electron chi connectivity index (χ2n) is 4.71. The molecule has 0 bridgehead atoms. The number of imidazole rings is 2. The molecule has 2 aromatic heterocycles. The van der Waals surface area contributed by atoms with Crippen LogP contribution in [0, 0.1) is 0 Å². The first-order valence-corrected chi connectivity index (χ1v) is 6.27. The van der Waals surface area contributed by atoms with Gasteiger partial charge in [-0.1, -0.05) is 6.07 Å². The van der Waals surface area contributed by atoms with Crippen molar-refractivity contribution in [2.75, 3.05) is 7.05 Å². The molecule has 2 heterocycles. The molecule has 0 radical (unpaired) electrons. The number of fused-ring (bicyclic) bond motifs is 1. The molecule has 1 N–H and O–H groups in total. The highest BCUT2D eigenvalue weighted by molar-refractivity contribution is 5.81. The Morgan fingerprint density at radius 1 is 1.21 bits per heavy atom. The van der Waals surface area contributed by atoms with Crippen molar-refractivity contribution in [3.8, 4) is 11.3 Å². The summed E-state index contributed by atoms with van der Waals surface area (Å²) in [6, 6.07) is 6.32. The van der Waals surface area contributed by atoms with Crippen LogP contribution in [0.2, 0.25) is 0 Å². The van der Waals surface area contributed by atoms with Gasteiger partial charge in [0.1, 0.15) is 5.82 Å². The maximum Gasteiger partial charge on any atom is 0.122 e. The molecule has 0 amide bonds. The van der Waals surface area contributed by atoms with E-state index in [1.54, 1.807) is 0 Å². The summed E-state index contributed by atoms with van der Waals surface area (Å²) >= 11 is 0. The minimum Gasteiger partial charge on any atom is -0.334 e. The topological polar surface area (TPSA) is 47.7 Å². The van der Waals surface area contributed by atoms with E-state index in [0.717, 1.165) is 34.7 Å². The molecule has 19 heavy (non-hydrogen) atoms. The summed E-state index contributed by atoms with van der Waals surface area (Å²) in [6.45, 7) is 0.766. The Hall–Kier alpha value is -2.14. The van der Waals surface area contributed by atoms with E-state index < -0.39 is 0 Å². The van der Waals surface area contributed by atoms with E-state index in [-0.39, 0.29) is 0 Å². The molecule has 0 aliphatic heterocycles. The van der Waals surface area contributed by atoms with Gasteiger partial charge in [-0.25, -0.2) is 9.97 Å². The Morgan fingerprint density at radius 2 is 2.05 bits per heavy atom. The van der Waals surface area contributed by atoms with Gasteiger partial charge in [-0.05, 0) is 19.2 Å². The monoisotopic (exact) mass is 255 g/mol. The average molecular weight is 255 g/mol. The normalized spacial score (nSPS) is 11.3. The third-order valence-electron chi connectivity index (χ3n) is 3.44. The largest absolute Gasteiger partial charge is 0.334 e. The van der Waals surface area contributed by atoms with Gasteiger partial charge in [-0.15, -0.1) is 0 Å². The van der Waals surface area contributed by atoms with Gasteiger partial charge in [0.2, 0.25) is 0 Å². The van der Waals surface area contributed by atoms with E-state index in [2.05, 4.69) is 38.1 Å². The molecule has 3 rings (SSSR count). The summed E-state index contributed by atoms with van der Waals surface area (Å²) in [5, 5.41) is 3.12. The summed E-state index contributed by atoms with van der Waals surface area (Å²) in [5.74, 6) is 1.03. The van der Waals surface area contributed by atoms with E-state index in [1.807, 2.05) is 38.2 Å². The minimum absolute atomic E-state index is 0.766. The number of aryl methyl sites for hydroxylation is 1. The summed E-state index contributed by atoms with van der Waals surface area (Å²) in [4.78, 5) is 8.84. The van der Waals surface area contributed by atoms with E-state index in [1.165, 1.54) is 0 Å². The Bertz CT molecular complexity index is 723. The van der Waals surface area contributed by atoms with Gasteiger partial charge in [0.05, 0.1) is 35.8 Å². The first kappa shape index (κ1) is 11.9. The fourth-order valence-corrected chi connectivity index (χ4v) is 2.33. The van der Waals surface area contributed by atoms with Crippen LogP contribution in [0.4, 0.5) is 0 Å². The van der Waals surface area contributed by atoms with Crippen molar-refractivity contribution in [2.24, 2.45) is 14.1 Å². The molecule has 0 atom stereocenters. The summed E-state index contributed by atoms with van der Waals surface area (Å²) in [7, 11) is 5.97. The molecule has 0 spiro atoms. The summed E-state index contributed by atoms with van der Waals surface area (Å²) in [5.41, 5.74) is 4.40. The molecule has 0 aliphatic carbocycles. The van der Waals surface area contributed by atoms with Gasteiger partial charge < -0.3 is 14.5 Å². The number of nitrogens with zero attached hydrogens (tertiary/aromatic N) is 4. The lowest BCUT2D eigenvalue weighted by molar-refractivity contribution is 0.712. The zero-order valence-corrected chi connectivity index (χ0v) is 11.4. The number of nitrogens with one attached hydrogen (secondary N) is 1. The van der Waals surface area contributed by atoms with E-state index in [0.29, 0.717) is 0 Å². The fourth-order valence-electron chi connectivity index (χ4n) is 2.33. The van der Waals surface area contributed by atoms with E-state index in [4.69, 9.17) is 0 Å². The summed E-state index contributed by atoms with van der Waals surface area (Å²) in [6.07, 6.45) is 3.75. The number of aromatic nitrogens is 4. The van der Waals surface area contributed by atoms with Gasteiger partial charge in [0, 0.05) is 19.7 Å². The molecular weight excluding hydrogens is 238 g/mol. The van der Waals surface area contributed by atoms with Gasteiger partial charge in [-0.2, -0.15) is 0 Å². The summed E-state index contributed by atoms with van der Waals surface area (Å²) < 4.78 is 4.13. The van der Waals surface area contributed by atoms with Crippen molar-refractivity contribution in [3.63, 3.8) is 0 Å². The third kappa shape index (κ3) is 1.92. The highest BCUT2D eigenvalue weighted by Gasteiger charge is 2.09. The standard InChI is InChI=1S/C14H17N5/c1-15-8-14-16-7-13(19(14)3)10-4-5-12-11(6-10)17-9-18(12)2/h4-7,9,15H,8H2,1-3H3. The van der Waals surface area contributed by atoms with Gasteiger partial charge >= 0.3 is 0 Å². The molecule has 0 saturated carbocycles. The van der Waals surface area contributed by atoms with Crippen LogP contribution < -0.4 is 5.32 Å². The van der Waals surface area contributed by atoms with Crippen LogP contribution in [0.3, 0.4) is 0 Å². The van der Waals surface area contributed by atoms with Crippen LogP contribution in [0.5, 0.6) is 0 Å². The second kappa shape index (κ2) is 4.51. The van der Waals surface area contributed by atoms with Gasteiger partial charge in [0.25, 0.3) is 0 Å². The van der Waals surface area contributed by atoms with Crippen LogP contribution in [0.15, 0.2) is 30.7 Å². The molecule has 98 valence electrons. The van der Waals surface area contributed by atoms with Crippen LogP contribution in [-0.2, 0) is 20.6 Å². The zero-order chi connectivity index (χ0) is 13.4. The lowest BCUT2D eigenvalue weighted by Crippen LogP contribution is -2.10. The Morgan fingerprint density at radius 3 is 2.84 bits per heavy atom. The van der Waals surface area contributed by atoms with Crippen molar-refractivity contribution in [2.45, 2.75) is 6.54 Å². The molecule has 0 aliphatic rings. The van der Waals surface area contributed by atoms with Gasteiger partial charge in [0.15, 0.2) is 0 Å². The van der Waals surface area contributed by atoms with Crippen LogP contribution >= 0.6 is 0 Å². The molecule has 5 heteroatoms. The SMILES string of the molecule is CNCc1ncc(-c2ccc3c(c2)ncn3C)n1C. The lowest BCUT2D eigenvalue weighted by atomic mass is 10.1. The molecular formula is C14H17N5. The maximum absolute atomic E-state index is 4.44. The van der Waals surface area contributed by atoms with E-state index in [9.17, 15) is 0 Å². The van der Waals surface area contributed by atoms with Gasteiger partial charge in [-0.3, -0.25) is 0 Å². The molecule has 3 aromatic rings. The van der Waals surface area contributed by atoms with E-state index >= 15 is 0 Å². The highest BCUT2D eigenvalue weighted by Crippen LogP contribution is 2.23. The first-order valence-electron chi connectivity index (χ1n) is 6.27. The number of hydrogen-bond donors (Lipinski definition) is 1. The highest BCUT2D eigenvalue weighted by atomic mass is 15.1. The van der Waals surface area contributed by atoms with Crippen molar-refractivity contribution in [3.05, 3.63) is 36.5 Å². The molecule has 5 nitrogen and oxygen atoms in total. The molecule has 0 saturated heterocycles. The smallest absolute Gasteiger partial charge is 0.122 e. The van der Waals surface area contributed by atoms with Crippen LogP contribution in [-0.4, -0.2) is 26.1 Å². The van der Waals surface area contributed by atoms with Crippen molar-refractivity contribution < 1.29 is 0 Å². The van der Waals surface area contributed by atoms with Crippen molar-refractivity contribution >= 4 is 11.0 Å². The molecule has 0 unspecified atom stereocenters. The number of hydrogen-bond acceptors (Lipinski definition) is 3. The third-order valence-corrected chi connectivity index (χ3v) is 3.44. The maximum atomic E-state index is 4.44. The first-order chi connectivity index (χ1) is 9.20. The lowest BCUT2D eigenvalue weighted by Gasteiger charge is -2.06. The quantitative estimate of drug-likeness (QED) is 0.775.